The van der Waals surface area contributed by atoms with E-state index in [4.69, 9.17) is 20.8 Å². The average molecular weight is 324 g/mol. The van der Waals surface area contributed by atoms with Crippen molar-refractivity contribution in [1.82, 2.24) is 5.32 Å². The Morgan fingerprint density at radius 2 is 2.23 bits per heavy atom. The second-order valence-electron chi connectivity index (χ2n) is 5.00. The number of carbonyl (C=O) groups excluding carboxylic acids is 1. The van der Waals surface area contributed by atoms with Gasteiger partial charge in [-0.15, -0.1) is 0 Å². The Bertz CT molecular complexity index is 726. The van der Waals surface area contributed by atoms with Gasteiger partial charge < -0.3 is 14.5 Å². The van der Waals surface area contributed by atoms with Crippen LogP contribution in [0.15, 0.2) is 33.5 Å². The minimum atomic E-state index is -0.533. The van der Waals surface area contributed by atoms with Crippen LogP contribution in [0, 0.1) is 0 Å². The Kier molecular flexibility index (Phi) is 5.44. The van der Waals surface area contributed by atoms with E-state index in [9.17, 15) is 9.59 Å². The molecular formula is C16H18ClNO4. The molecule has 1 unspecified atom stereocenters. The van der Waals surface area contributed by atoms with E-state index in [2.05, 4.69) is 5.32 Å². The van der Waals surface area contributed by atoms with Gasteiger partial charge in [-0.3, -0.25) is 0 Å². The van der Waals surface area contributed by atoms with Crippen molar-refractivity contribution in [2.45, 2.75) is 32.7 Å². The molecule has 0 aliphatic heterocycles. The lowest BCUT2D eigenvalue weighted by Gasteiger charge is -2.13. The fourth-order valence-corrected chi connectivity index (χ4v) is 2.29. The lowest BCUT2D eigenvalue weighted by molar-refractivity contribution is 0.140. The molecule has 1 aromatic carbocycles. The summed E-state index contributed by atoms with van der Waals surface area (Å²) in [6.07, 6.45) is 1.23. The maximum Gasteiger partial charge on any atom is 0.407 e. The zero-order valence-corrected chi connectivity index (χ0v) is 13.3. The molecule has 6 heteroatoms. The molecule has 1 heterocycles. The lowest BCUT2D eigenvalue weighted by Crippen LogP contribution is -2.28. The number of ether oxygens (including phenoxy) is 1. The van der Waals surface area contributed by atoms with Crippen molar-refractivity contribution in [2.24, 2.45) is 0 Å². The lowest BCUT2D eigenvalue weighted by atomic mass is 10.1. The summed E-state index contributed by atoms with van der Waals surface area (Å²) in [5, 5.41) is 3.99. The Morgan fingerprint density at radius 1 is 1.45 bits per heavy atom. The van der Waals surface area contributed by atoms with Gasteiger partial charge >= 0.3 is 11.7 Å². The minimum absolute atomic E-state index is 0.339. The van der Waals surface area contributed by atoms with Gasteiger partial charge in [0.05, 0.1) is 23.1 Å². The highest BCUT2D eigenvalue weighted by atomic mass is 35.5. The zero-order chi connectivity index (χ0) is 16.1. The first-order valence-electron chi connectivity index (χ1n) is 7.18. The van der Waals surface area contributed by atoms with Crippen LogP contribution < -0.4 is 10.9 Å². The van der Waals surface area contributed by atoms with E-state index in [1.807, 2.05) is 6.92 Å². The Morgan fingerprint density at radius 3 is 2.95 bits per heavy atom. The van der Waals surface area contributed by atoms with E-state index < -0.39 is 17.8 Å². The fraction of sp³-hybridized carbons (Fsp3) is 0.375. The van der Waals surface area contributed by atoms with Crippen molar-refractivity contribution >= 4 is 28.5 Å². The number of hydrogen-bond donors (Lipinski definition) is 1. The first-order chi connectivity index (χ1) is 10.5. The molecular weight excluding hydrogens is 306 g/mol. The Balaban J connectivity index is 2.17. The van der Waals surface area contributed by atoms with Crippen LogP contribution in [0.1, 0.15) is 38.5 Å². The highest BCUT2D eigenvalue weighted by Crippen LogP contribution is 2.23. The summed E-state index contributed by atoms with van der Waals surface area (Å²) in [7, 11) is 0. The van der Waals surface area contributed by atoms with Gasteiger partial charge in [0.1, 0.15) is 5.76 Å². The van der Waals surface area contributed by atoms with Crippen molar-refractivity contribution in [3.63, 3.8) is 0 Å². The van der Waals surface area contributed by atoms with E-state index >= 15 is 0 Å². The first kappa shape index (κ1) is 16.4. The monoisotopic (exact) mass is 323 g/mol. The number of halogens is 1. The molecule has 0 saturated heterocycles. The molecule has 0 fully saturated rings. The topological polar surface area (TPSA) is 68.5 Å². The van der Waals surface area contributed by atoms with Gasteiger partial charge in [-0.2, -0.15) is 0 Å². The predicted octanol–water partition coefficient (Wildman–Crippen LogP) is 4.03. The van der Waals surface area contributed by atoms with Gasteiger partial charge in [-0.1, -0.05) is 37.1 Å². The summed E-state index contributed by atoms with van der Waals surface area (Å²) < 4.78 is 10.3. The molecule has 1 N–H and O–H groups in total. The molecule has 22 heavy (non-hydrogen) atoms. The average Bonchev–Trinajstić information content (AvgIpc) is 2.47. The number of unbranched alkanes of at least 4 members (excludes halogenated alkanes) is 1. The molecule has 5 nitrogen and oxygen atoms in total. The third kappa shape index (κ3) is 3.80. The minimum Gasteiger partial charge on any atom is -0.450 e. The highest BCUT2D eigenvalue weighted by Gasteiger charge is 2.15. The van der Waals surface area contributed by atoms with Crippen molar-refractivity contribution in [1.29, 1.82) is 0 Å². The van der Waals surface area contributed by atoms with E-state index in [1.54, 1.807) is 31.2 Å². The molecule has 0 saturated carbocycles. The smallest absolute Gasteiger partial charge is 0.407 e. The van der Waals surface area contributed by atoms with Crippen LogP contribution in [0.2, 0.25) is 5.02 Å². The van der Waals surface area contributed by atoms with Crippen molar-refractivity contribution < 1.29 is 13.9 Å². The van der Waals surface area contributed by atoms with E-state index in [1.165, 1.54) is 0 Å². The number of rotatable bonds is 5. The van der Waals surface area contributed by atoms with Gasteiger partial charge in [-0.25, -0.2) is 9.59 Å². The molecule has 1 atom stereocenters. The quantitative estimate of drug-likeness (QED) is 0.843. The van der Waals surface area contributed by atoms with Crippen LogP contribution >= 0.6 is 11.6 Å². The number of amides is 1. The summed E-state index contributed by atoms with van der Waals surface area (Å²) in [4.78, 5) is 23.7. The van der Waals surface area contributed by atoms with Gasteiger partial charge in [0, 0.05) is 0 Å². The van der Waals surface area contributed by atoms with E-state index in [0.717, 1.165) is 12.8 Å². The molecule has 0 radical (unpaired) electrons. The van der Waals surface area contributed by atoms with Gasteiger partial charge in [0.25, 0.3) is 0 Å². The largest absolute Gasteiger partial charge is 0.450 e. The maximum atomic E-state index is 12.0. The molecule has 0 bridgehead atoms. The molecule has 2 rings (SSSR count). The normalized spacial score (nSPS) is 12.1. The van der Waals surface area contributed by atoms with Crippen molar-refractivity contribution in [3.8, 4) is 0 Å². The number of nitrogens with one attached hydrogen (secondary N) is 1. The first-order valence-corrected chi connectivity index (χ1v) is 7.56. The van der Waals surface area contributed by atoms with E-state index in [0.29, 0.717) is 28.2 Å². The summed E-state index contributed by atoms with van der Waals surface area (Å²) >= 11 is 6.00. The summed E-state index contributed by atoms with van der Waals surface area (Å²) in [5.74, 6) is 0.354. The molecule has 118 valence electrons. The molecule has 1 amide bonds. The van der Waals surface area contributed by atoms with Gasteiger partial charge in [-0.05, 0) is 30.9 Å². The molecule has 2 aromatic rings. The van der Waals surface area contributed by atoms with Gasteiger partial charge in [0.15, 0.2) is 0 Å². The third-order valence-corrected chi connectivity index (χ3v) is 3.57. The number of benzene rings is 1. The number of carbonyl (C=O) groups is 1. The summed E-state index contributed by atoms with van der Waals surface area (Å²) in [6, 6.07) is 6.37. The second kappa shape index (κ2) is 7.31. The molecule has 0 aliphatic carbocycles. The number of fused-ring (bicyclic) bond motifs is 1. The highest BCUT2D eigenvalue weighted by molar-refractivity contribution is 6.35. The maximum absolute atomic E-state index is 12.0. The third-order valence-electron chi connectivity index (χ3n) is 3.25. The number of alkyl carbamates (subject to hydrolysis) is 1. The van der Waals surface area contributed by atoms with Crippen LogP contribution in [0.25, 0.3) is 10.8 Å². The summed E-state index contributed by atoms with van der Waals surface area (Å²) in [5.41, 5.74) is -0.522. The van der Waals surface area contributed by atoms with Crippen LogP contribution in [0.5, 0.6) is 0 Å². The Labute approximate surface area is 133 Å². The second-order valence-corrected chi connectivity index (χ2v) is 5.40. The van der Waals surface area contributed by atoms with Crippen molar-refractivity contribution in [3.05, 3.63) is 45.5 Å². The molecule has 0 spiro atoms. The van der Waals surface area contributed by atoms with Crippen LogP contribution in [-0.2, 0) is 4.74 Å². The molecule has 1 aromatic heterocycles. The molecule has 0 aliphatic rings. The predicted molar refractivity (Wildman–Crippen MR) is 85.3 cm³/mol. The standard InChI is InChI=1S/C16H18ClNO4/c1-3-4-8-21-16(20)18-10(2)13-9-11-6-5-7-12(17)14(11)15(19)22-13/h5-7,9-10H,3-4,8H2,1-2H3,(H,18,20). The van der Waals surface area contributed by atoms with Crippen molar-refractivity contribution in [2.75, 3.05) is 6.61 Å². The van der Waals surface area contributed by atoms with Crippen LogP contribution in [0.4, 0.5) is 4.79 Å². The zero-order valence-electron chi connectivity index (χ0n) is 12.5. The Hall–Kier alpha value is -2.01. The van der Waals surface area contributed by atoms with Crippen LogP contribution in [-0.4, -0.2) is 12.7 Å². The summed E-state index contributed by atoms with van der Waals surface area (Å²) in [6.45, 7) is 4.10. The van der Waals surface area contributed by atoms with E-state index in [-0.39, 0.29) is 0 Å². The number of hydrogen-bond acceptors (Lipinski definition) is 4. The fourth-order valence-electron chi connectivity index (χ4n) is 2.03. The van der Waals surface area contributed by atoms with Crippen LogP contribution in [0.3, 0.4) is 0 Å². The van der Waals surface area contributed by atoms with Gasteiger partial charge in [0.2, 0.25) is 0 Å². The SMILES string of the molecule is CCCCOC(=O)NC(C)c1cc2cccc(Cl)c2c(=O)o1.